The van der Waals surface area contributed by atoms with Crippen molar-refractivity contribution < 1.29 is 9.47 Å². The van der Waals surface area contributed by atoms with Crippen LogP contribution in [0, 0.1) is 12.3 Å². The molecule has 0 bridgehead atoms. The first-order valence-corrected chi connectivity index (χ1v) is 6.07. The van der Waals surface area contributed by atoms with Crippen molar-refractivity contribution in [1.82, 2.24) is 0 Å². The molecule has 0 aliphatic rings. The van der Waals surface area contributed by atoms with Crippen molar-refractivity contribution in [2.45, 2.75) is 6.42 Å². The van der Waals surface area contributed by atoms with Gasteiger partial charge in [0.15, 0.2) is 0 Å². The molecule has 96 valence electrons. The quantitative estimate of drug-likeness (QED) is 0.598. The van der Waals surface area contributed by atoms with Crippen molar-refractivity contribution in [1.29, 1.82) is 0 Å². The number of hydrogen-bond acceptors (Lipinski definition) is 2. The second kappa shape index (κ2) is 5.97. The van der Waals surface area contributed by atoms with Gasteiger partial charge in [-0.3, -0.25) is 0 Å². The first kappa shape index (κ1) is 13.0. The van der Waals surface area contributed by atoms with Crippen LogP contribution in [0.3, 0.4) is 0 Å². The minimum Gasteiger partial charge on any atom is -0.497 e. The molecule has 2 heteroatoms. The zero-order valence-corrected chi connectivity index (χ0v) is 11.0. The van der Waals surface area contributed by atoms with E-state index in [1.165, 1.54) is 0 Å². The van der Waals surface area contributed by atoms with E-state index in [0.29, 0.717) is 0 Å². The number of ether oxygens (including phenoxy) is 2. The first-order valence-electron chi connectivity index (χ1n) is 6.07. The van der Waals surface area contributed by atoms with Gasteiger partial charge in [0.25, 0.3) is 0 Å². The van der Waals surface area contributed by atoms with Gasteiger partial charge >= 0.3 is 0 Å². The van der Waals surface area contributed by atoms with E-state index in [-0.39, 0.29) is 6.61 Å². The lowest BCUT2D eigenvalue weighted by molar-refractivity contribution is 0.367. The van der Waals surface area contributed by atoms with Crippen LogP contribution in [-0.2, 0) is 6.42 Å². The van der Waals surface area contributed by atoms with Crippen LogP contribution < -0.4 is 9.47 Å². The Labute approximate surface area is 113 Å². The maximum Gasteiger partial charge on any atom is 0.148 e. The molecule has 2 rings (SSSR count). The smallest absolute Gasteiger partial charge is 0.148 e. The predicted octanol–water partition coefficient (Wildman–Crippen LogP) is 3.59. The summed E-state index contributed by atoms with van der Waals surface area (Å²) >= 11 is 0. The highest BCUT2D eigenvalue weighted by Gasteiger charge is 2.08. The minimum atomic E-state index is 0.270. The van der Waals surface area contributed by atoms with Crippen LogP contribution in [-0.4, -0.2) is 13.7 Å². The van der Waals surface area contributed by atoms with E-state index in [4.69, 9.17) is 15.9 Å². The summed E-state index contributed by atoms with van der Waals surface area (Å²) in [5.74, 6) is 4.14. The lowest BCUT2D eigenvalue weighted by Gasteiger charge is -2.12. The van der Waals surface area contributed by atoms with Crippen LogP contribution in [0.2, 0.25) is 0 Å². The summed E-state index contributed by atoms with van der Waals surface area (Å²) in [7, 11) is 1.66. The molecule has 2 aromatic carbocycles. The van der Waals surface area contributed by atoms with Gasteiger partial charge in [-0.05, 0) is 35.4 Å². The molecule has 0 saturated heterocycles. The number of terminal acetylenes is 1. The number of benzene rings is 2. The number of hydrogen-bond donors (Lipinski definition) is 0. The van der Waals surface area contributed by atoms with Gasteiger partial charge in [0.2, 0.25) is 0 Å². The molecule has 0 unspecified atom stereocenters. The van der Waals surface area contributed by atoms with Gasteiger partial charge in [0.05, 0.1) is 7.11 Å². The van der Waals surface area contributed by atoms with E-state index < -0.39 is 0 Å². The van der Waals surface area contributed by atoms with Gasteiger partial charge < -0.3 is 9.47 Å². The maximum absolute atomic E-state index is 5.59. The highest BCUT2D eigenvalue weighted by Crippen LogP contribution is 2.31. The number of allylic oxidation sites excluding steroid dienone is 1. The Bertz CT molecular complexity index is 635. The Hall–Kier alpha value is -2.40. The highest BCUT2D eigenvalue weighted by molar-refractivity contribution is 5.89. The predicted molar refractivity (Wildman–Crippen MR) is 78.7 cm³/mol. The van der Waals surface area contributed by atoms with Crippen LogP contribution in [0.5, 0.6) is 11.5 Å². The molecule has 0 radical (unpaired) electrons. The second-order valence-corrected chi connectivity index (χ2v) is 4.11. The van der Waals surface area contributed by atoms with Crippen molar-refractivity contribution in [3.05, 3.63) is 48.6 Å². The van der Waals surface area contributed by atoms with Crippen LogP contribution in [0.1, 0.15) is 5.56 Å². The average Bonchev–Trinajstić information content (AvgIpc) is 2.46. The zero-order valence-electron chi connectivity index (χ0n) is 11.0. The standard InChI is InChI=1S/C17H16O2/c1-4-6-16-15-9-8-14(18-3)12-13(15)7-10-17(16)19-11-5-2/h2,4,7-10,12H,1,6,11H2,3H3. The van der Waals surface area contributed by atoms with Crippen LogP contribution >= 0.6 is 0 Å². The lowest BCUT2D eigenvalue weighted by Crippen LogP contribution is -1.98. The van der Waals surface area contributed by atoms with Crippen molar-refractivity contribution in [3.8, 4) is 23.8 Å². The third-order valence-corrected chi connectivity index (χ3v) is 2.96. The molecule has 0 heterocycles. The van der Waals surface area contributed by atoms with Crippen LogP contribution in [0.15, 0.2) is 43.0 Å². The summed E-state index contributed by atoms with van der Waals surface area (Å²) in [6, 6.07) is 9.94. The third kappa shape index (κ3) is 2.71. The molecule has 0 aliphatic heterocycles. The van der Waals surface area contributed by atoms with Crippen molar-refractivity contribution in [3.63, 3.8) is 0 Å². The normalized spacial score (nSPS) is 9.89. The fraction of sp³-hybridized carbons (Fsp3) is 0.176. The van der Waals surface area contributed by atoms with Gasteiger partial charge in [-0.15, -0.1) is 13.0 Å². The maximum atomic E-state index is 5.59. The molecule has 0 aromatic heterocycles. The monoisotopic (exact) mass is 252 g/mol. The molecule has 0 N–H and O–H groups in total. The summed E-state index contributed by atoms with van der Waals surface area (Å²) in [5.41, 5.74) is 1.10. The largest absolute Gasteiger partial charge is 0.497 e. The molecule has 2 aromatic rings. The number of fused-ring (bicyclic) bond motifs is 1. The van der Waals surface area contributed by atoms with E-state index in [1.54, 1.807) is 7.11 Å². The number of rotatable bonds is 5. The molecule has 0 fully saturated rings. The minimum absolute atomic E-state index is 0.270. The van der Waals surface area contributed by atoms with E-state index in [9.17, 15) is 0 Å². The molecule has 0 spiro atoms. The van der Waals surface area contributed by atoms with E-state index in [0.717, 1.165) is 34.3 Å². The Morgan fingerprint density at radius 1 is 1.32 bits per heavy atom. The first-order chi connectivity index (χ1) is 9.30. The molecular weight excluding hydrogens is 236 g/mol. The molecule has 19 heavy (non-hydrogen) atoms. The van der Waals surface area contributed by atoms with Crippen LogP contribution in [0.25, 0.3) is 10.8 Å². The summed E-state index contributed by atoms with van der Waals surface area (Å²) < 4.78 is 10.8. The summed E-state index contributed by atoms with van der Waals surface area (Å²) in [5, 5.41) is 2.25. The van der Waals surface area contributed by atoms with Crippen molar-refractivity contribution in [2.75, 3.05) is 13.7 Å². The Kier molecular flexibility index (Phi) is 4.10. The highest BCUT2D eigenvalue weighted by atomic mass is 16.5. The molecular formula is C17H16O2. The summed E-state index contributed by atoms with van der Waals surface area (Å²) in [6.07, 6.45) is 7.84. The Balaban J connectivity index is 2.56. The summed E-state index contributed by atoms with van der Waals surface area (Å²) in [6.45, 7) is 4.07. The van der Waals surface area contributed by atoms with Gasteiger partial charge in [-0.25, -0.2) is 0 Å². The average molecular weight is 252 g/mol. The molecule has 2 nitrogen and oxygen atoms in total. The fourth-order valence-electron chi connectivity index (χ4n) is 2.09. The third-order valence-electron chi connectivity index (χ3n) is 2.96. The zero-order chi connectivity index (χ0) is 13.7. The van der Waals surface area contributed by atoms with E-state index in [1.807, 2.05) is 36.4 Å². The Morgan fingerprint density at radius 2 is 2.16 bits per heavy atom. The van der Waals surface area contributed by atoms with Gasteiger partial charge in [0, 0.05) is 5.56 Å². The molecule has 0 atom stereocenters. The number of methoxy groups -OCH3 is 1. The van der Waals surface area contributed by atoms with Gasteiger partial charge in [-0.1, -0.05) is 24.1 Å². The van der Waals surface area contributed by atoms with E-state index >= 15 is 0 Å². The van der Waals surface area contributed by atoms with Gasteiger partial charge in [0.1, 0.15) is 18.1 Å². The van der Waals surface area contributed by atoms with Crippen molar-refractivity contribution in [2.24, 2.45) is 0 Å². The molecule has 0 amide bonds. The van der Waals surface area contributed by atoms with E-state index in [2.05, 4.69) is 12.5 Å². The Morgan fingerprint density at radius 3 is 2.84 bits per heavy atom. The topological polar surface area (TPSA) is 18.5 Å². The van der Waals surface area contributed by atoms with Crippen molar-refractivity contribution >= 4 is 10.8 Å². The molecule has 0 aliphatic carbocycles. The lowest BCUT2D eigenvalue weighted by atomic mass is 10.0. The second-order valence-electron chi connectivity index (χ2n) is 4.11. The van der Waals surface area contributed by atoms with Crippen LogP contribution in [0.4, 0.5) is 0 Å². The SMILES string of the molecule is C#CCOc1ccc2cc(OC)ccc2c1CC=C. The molecule has 0 saturated carbocycles. The summed E-state index contributed by atoms with van der Waals surface area (Å²) in [4.78, 5) is 0. The fourth-order valence-corrected chi connectivity index (χ4v) is 2.09. The van der Waals surface area contributed by atoms with Gasteiger partial charge in [-0.2, -0.15) is 0 Å².